The van der Waals surface area contributed by atoms with Crippen LogP contribution in [-0.2, 0) is 32.6 Å². The maximum Gasteiger partial charge on any atom is 0.269 e. The monoisotopic (exact) mass is 614 g/mol. The van der Waals surface area contributed by atoms with Crippen molar-refractivity contribution in [2.24, 2.45) is 11.3 Å². The molecule has 8 heteroatoms. The number of carbonyl (C=O) groups is 3. The molecule has 0 aromatic heterocycles. The van der Waals surface area contributed by atoms with Gasteiger partial charge >= 0.3 is 0 Å². The first-order chi connectivity index (χ1) is 20.8. The van der Waals surface area contributed by atoms with E-state index in [4.69, 9.17) is 0 Å². The summed E-state index contributed by atoms with van der Waals surface area (Å²) in [5, 5.41) is 3.20. The van der Waals surface area contributed by atoms with E-state index in [1.54, 1.807) is 12.1 Å². The minimum atomic E-state index is -3.91. The smallest absolute Gasteiger partial charge is 0.269 e. The number of rotatable bonds is 10. The number of nitrogens with zero attached hydrogens (tertiary/aromatic N) is 1. The van der Waals surface area contributed by atoms with Crippen molar-refractivity contribution in [3.8, 4) is 0 Å². The maximum absolute atomic E-state index is 13.9. The summed E-state index contributed by atoms with van der Waals surface area (Å²) in [7, 11) is -3.91. The number of benzene rings is 3. The third-order valence-electron chi connectivity index (χ3n) is 8.84. The van der Waals surface area contributed by atoms with Crippen LogP contribution < -0.4 is 5.32 Å². The molecule has 0 saturated heterocycles. The number of Topliss-reactive ketones (excluding diaryl/α,β-unsaturated/α-hetero) is 1. The minimum absolute atomic E-state index is 0.0371. The third-order valence-corrected chi connectivity index (χ3v) is 10.6. The van der Waals surface area contributed by atoms with E-state index in [9.17, 15) is 22.8 Å². The number of ketones is 1. The molecule has 0 bridgehead atoms. The minimum Gasteiger partial charge on any atom is -0.325 e. The molecule has 1 fully saturated rings. The van der Waals surface area contributed by atoms with E-state index in [0.717, 1.165) is 52.4 Å². The molecule has 1 N–H and O–H groups in total. The standard InChI is InChI=1S/C36H42N2O5S/c1-24-26(20-21-29(39)22-36(2,3)4)12-9-14-31(24)37-34(40)33(27-10-5-6-11-27)28-18-16-25(17-19-28)23-38-35(41)30-13-7-8-15-32(30)44(38,42)43/h7-9,12-19,27,33H,5-6,10-11,20-23H2,1-4H3,(H,37,40). The highest BCUT2D eigenvalue weighted by molar-refractivity contribution is 7.90. The highest BCUT2D eigenvalue weighted by atomic mass is 32.2. The zero-order valence-corrected chi connectivity index (χ0v) is 26.9. The second kappa shape index (κ2) is 12.7. The number of nitrogens with one attached hydrogen (secondary N) is 1. The molecule has 2 aliphatic rings. The predicted molar refractivity (Wildman–Crippen MR) is 172 cm³/mol. The third kappa shape index (κ3) is 6.80. The van der Waals surface area contributed by atoms with E-state index in [-0.39, 0.29) is 45.9 Å². The number of amides is 2. The highest BCUT2D eigenvalue weighted by Crippen LogP contribution is 2.39. The molecule has 44 heavy (non-hydrogen) atoms. The van der Waals surface area contributed by atoms with Gasteiger partial charge in [-0.15, -0.1) is 0 Å². The molecule has 1 saturated carbocycles. The van der Waals surface area contributed by atoms with E-state index in [1.807, 2.05) is 49.4 Å². The van der Waals surface area contributed by atoms with E-state index < -0.39 is 15.9 Å². The van der Waals surface area contributed by atoms with Gasteiger partial charge in [0, 0.05) is 18.5 Å². The molecule has 1 aliphatic heterocycles. The van der Waals surface area contributed by atoms with Crippen LogP contribution in [0, 0.1) is 18.3 Å². The topological polar surface area (TPSA) is 101 Å². The van der Waals surface area contributed by atoms with Gasteiger partial charge < -0.3 is 5.32 Å². The molecule has 3 aromatic carbocycles. The zero-order chi connectivity index (χ0) is 31.6. The summed E-state index contributed by atoms with van der Waals surface area (Å²) < 4.78 is 27.0. The van der Waals surface area contributed by atoms with Crippen LogP contribution in [0.15, 0.2) is 71.6 Å². The van der Waals surface area contributed by atoms with Gasteiger partial charge in [0.05, 0.1) is 18.0 Å². The molecular formula is C36H42N2O5S. The Kier molecular flexibility index (Phi) is 9.12. The lowest BCUT2D eigenvalue weighted by Crippen LogP contribution is -2.29. The molecule has 1 aliphatic carbocycles. The average Bonchev–Trinajstić information content (AvgIpc) is 3.56. The van der Waals surface area contributed by atoms with Crippen molar-refractivity contribution in [3.63, 3.8) is 0 Å². The van der Waals surface area contributed by atoms with Gasteiger partial charge in [-0.05, 0) is 78.0 Å². The number of anilines is 1. The second-order valence-electron chi connectivity index (χ2n) is 13.4. The van der Waals surface area contributed by atoms with E-state index in [0.29, 0.717) is 24.8 Å². The van der Waals surface area contributed by atoms with Gasteiger partial charge in [0.1, 0.15) is 10.7 Å². The number of fused-ring (bicyclic) bond motifs is 1. The Labute approximate surface area is 261 Å². The van der Waals surface area contributed by atoms with Crippen molar-refractivity contribution >= 4 is 33.3 Å². The Morgan fingerprint density at radius 1 is 0.955 bits per heavy atom. The van der Waals surface area contributed by atoms with Gasteiger partial charge in [-0.25, -0.2) is 12.7 Å². The molecular weight excluding hydrogens is 572 g/mol. The maximum atomic E-state index is 13.9. The van der Waals surface area contributed by atoms with Crippen LogP contribution in [0.4, 0.5) is 5.69 Å². The lowest BCUT2D eigenvalue weighted by atomic mass is 9.83. The summed E-state index contributed by atoms with van der Waals surface area (Å²) in [6.07, 6.45) is 5.75. The molecule has 2 amide bonds. The Morgan fingerprint density at radius 3 is 2.30 bits per heavy atom. The fourth-order valence-electron chi connectivity index (χ4n) is 6.57. The Morgan fingerprint density at radius 2 is 1.64 bits per heavy atom. The Bertz CT molecular complexity index is 1670. The molecule has 5 rings (SSSR count). The van der Waals surface area contributed by atoms with E-state index in [2.05, 4.69) is 26.1 Å². The summed E-state index contributed by atoms with van der Waals surface area (Å²) in [4.78, 5) is 39.3. The lowest BCUT2D eigenvalue weighted by molar-refractivity contribution is -0.121. The SMILES string of the molecule is Cc1c(CCC(=O)CC(C)(C)C)cccc1NC(=O)C(c1ccc(CN2C(=O)c3ccccc3S2(=O)=O)cc1)C1CCCC1. The Balaban J connectivity index is 1.31. The number of sulfonamides is 1. The normalized spacial score (nSPS) is 17.0. The van der Waals surface area contributed by atoms with Crippen molar-refractivity contribution < 1.29 is 22.8 Å². The van der Waals surface area contributed by atoms with Crippen molar-refractivity contribution in [1.29, 1.82) is 0 Å². The first-order valence-corrected chi connectivity index (χ1v) is 16.9. The molecule has 7 nitrogen and oxygen atoms in total. The predicted octanol–water partition coefficient (Wildman–Crippen LogP) is 7.19. The van der Waals surface area contributed by atoms with Crippen molar-refractivity contribution in [2.45, 2.75) is 90.0 Å². The fraction of sp³-hybridized carbons (Fsp3) is 0.417. The molecule has 0 spiro atoms. The van der Waals surface area contributed by atoms with Crippen LogP contribution in [0.3, 0.4) is 0 Å². The second-order valence-corrected chi connectivity index (χ2v) is 15.3. The molecule has 1 atom stereocenters. The number of aryl methyl sites for hydroxylation is 1. The van der Waals surface area contributed by atoms with Gasteiger partial charge in [-0.2, -0.15) is 0 Å². The van der Waals surface area contributed by atoms with E-state index in [1.165, 1.54) is 12.1 Å². The van der Waals surface area contributed by atoms with Crippen molar-refractivity contribution in [3.05, 3.63) is 94.5 Å². The molecule has 1 unspecified atom stereocenters. The summed E-state index contributed by atoms with van der Waals surface area (Å²) >= 11 is 0. The quantitative estimate of drug-likeness (QED) is 0.261. The van der Waals surface area contributed by atoms with Crippen LogP contribution in [0.25, 0.3) is 0 Å². The summed E-state index contributed by atoms with van der Waals surface area (Å²) in [5.41, 5.74) is 4.49. The van der Waals surface area contributed by atoms with Crippen molar-refractivity contribution in [2.75, 3.05) is 5.32 Å². The zero-order valence-electron chi connectivity index (χ0n) is 26.1. The first kappa shape index (κ1) is 31.6. The van der Waals surface area contributed by atoms with Crippen LogP contribution >= 0.6 is 0 Å². The first-order valence-electron chi connectivity index (χ1n) is 15.5. The molecule has 232 valence electrons. The lowest BCUT2D eigenvalue weighted by Gasteiger charge is -2.24. The summed E-state index contributed by atoms with van der Waals surface area (Å²) in [6, 6.07) is 19.5. The van der Waals surface area contributed by atoms with Crippen LogP contribution in [0.2, 0.25) is 0 Å². The number of carbonyl (C=O) groups excluding carboxylic acids is 3. The summed E-state index contributed by atoms with van der Waals surface area (Å²) in [6.45, 7) is 8.13. The van der Waals surface area contributed by atoms with Crippen molar-refractivity contribution in [1.82, 2.24) is 4.31 Å². The number of hydrogen-bond donors (Lipinski definition) is 1. The average molecular weight is 615 g/mol. The van der Waals surface area contributed by atoms with Gasteiger partial charge in [-0.1, -0.05) is 82.1 Å². The van der Waals surface area contributed by atoms with Gasteiger partial charge in [-0.3, -0.25) is 14.4 Å². The highest BCUT2D eigenvalue weighted by Gasteiger charge is 2.41. The number of hydrogen-bond acceptors (Lipinski definition) is 5. The van der Waals surface area contributed by atoms with Crippen LogP contribution in [0.1, 0.15) is 97.8 Å². The van der Waals surface area contributed by atoms with Gasteiger partial charge in [0.25, 0.3) is 15.9 Å². The molecule has 1 heterocycles. The molecule has 0 radical (unpaired) electrons. The van der Waals surface area contributed by atoms with Gasteiger partial charge in [0.2, 0.25) is 5.91 Å². The largest absolute Gasteiger partial charge is 0.325 e. The van der Waals surface area contributed by atoms with Crippen LogP contribution in [-0.4, -0.2) is 30.3 Å². The van der Waals surface area contributed by atoms with E-state index >= 15 is 0 Å². The van der Waals surface area contributed by atoms with Crippen LogP contribution in [0.5, 0.6) is 0 Å². The Hall–Kier alpha value is -3.78. The fourth-order valence-corrected chi connectivity index (χ4v) is 8.12. The molecule has 3 aromatic rings. The summed E-state index contributed by atoms with van der Waals surface area (Å²) in [5.74, 6) is -0.503. The van der Waals surface area contributed by atoms with Gasteiger partial charge in [0.15, 0.2) is 0 Å².